The highest BCUT2D eigenvalue weighted by atomic mass is 16.5. The van der Waals surface area contributed by atoms with Gasteiger partial charge in [-0.3, -0.25) is 4.79 Å². The van der Waals surface area contributed by atoms with Crippen LogP contribution in [-0.2, 0) is 16.1 Å². The van der Waals surface area contributed by atoms with Gasteiger partial charge in [0.15, 0.2) is 0 Å². The van der Waals surface area contributed by atoms with Crippen molar-refractivity contribution in [2.45, 2.75) is 44.2 Å². The lowest BCUT2D eigenvalue weighted by molar-refractivity contribution is -0.155. The molecule has 0 aromatic heterocycles. The maximum Gasteiger partial charge on any atom is 0.309 e. The van der Waals surface area contributed by atoms with Gasteiger partial charge in [-0.05, 0) is 68.0 Å². The highest BCUT2D eigenvalue weighted by Crippen LogP contribution is 2.37. The zero-order valence-electron chi connectivity index (χ0n) is 15.7. The Labute approximate surface area is 161 Å². The van der Waals surface area contributed by atoms with E-state index < -0.39 is 0 Å². The molecule has 0 atom stereocenters. The first-order valence-electron chi connectivity index (χ1n) is 9.99. The third-order valence-corrected chi connectivity index (χ3v) is 6.12. The number of hydrogen-bond donors (Lipinski definition) is 1. The summed E-state index contributed by atoms with van der Waals surface area (Å²) >= 11 is 0. The number of nitrogen functional groups attached to an aromatic ring is 1. The average molecular weight is 364 g/mol. The fraction of sp³-hybridized carbons (Fsp3) is 0.435. The van der Waals surface area contributed by atoms with Crippen molar-refractivity contribution in [3.63, 3.8) is 0 Å². The Kier molecular flexibility index (Phi) is 5.44. The van der Waals surface area contributed by atoms with Crippen molar-refractivity contribution in [3.8, 4) is 0 Å². The topological polar surface area (TPSA) is 55.6 Å². The van der Waals surface area contributed by atoms with Crippen molar-refractivity contribution < 1.29 is 9.53 Å². The van der Waals surface area contributed by atoms with Gasteiger partial charge in [0, 0.05) is 11.7 Å². The molecule has 1 saturated heterocycles. The Morgan fingerprint density at radius 3 is 2.33 bits per heavy atom. The predicted octanol–water partition coefficient (Wildman–Crippen LogP) is 3.97. The molecule has 1 aliphatic heterocycles. The molecule has 4 heteroatoms. The zero-order chi connectivity index (χ0) is 18.6. The van der Waals surface area contributed by atoms with Gasteiger partial charge in [0.2, 0.25) is 0 Å². The van der Waals surface area contributed by atoms with Gasteiger partial charge < -0.3 is 15.4 Å². The van der Waals surface area contributed by atoms with E-state index in [9.17, 15) is 4.79 Å². The second kappa shape index (κ2) is 8.13. The Balaban J connectivity index is 1.19. The molecule has 142 valence electrons. The first-order valence-corrected chi connectivity index (χ1v) is 9.99. The van der Waals surface area contributed by atoms with Gasteiger partial charge in [-0.15, -0.1) is 0 Å². The van der Waals surface area contributed by atoms with Crippen LogP contribution in [0.2, 0.25) is 0 Å². The molecule has 0 bridgehead atoms. The Morgan fingerprint density at radius 2 is 1.67 bits per heavy atom. The Bertz CT molecular complexity index is 746. The molecule has 1 aliphatic carbocycles. The zero-order valence-corrected chi connectivity index (χ0v) is 15.7. The minimum Gasteiger partial charge on any atom is -0.461 e. The summed E-state index contributed by atoms with van der Waals surface area (Å²) in [5, 5.41) is 0. The Hall–Kier alpha value is -2.33. The highest BCUT2D eigenvalue weighted by Gasteiger charge is 2.39. The van der Waals surface area contributed by atoms with E-state index in [1.165, 1.54) is 18.4 Å². The number of carbonyl (C=O) groups excluding carboxylic acids is 1. The summed E-state index contributed by atoms with van der Waals surface area (Å²) in [5.74, 6) is 0.675. The molecule has 0 amide bonds. The third kappa shape index (κ3) is 4.33. The first kappa shape index (κ1) is 18.1. The SMILES string of the molecule is Nc1ccc(C2CCN(C3CC(C(=O)OCc4ccccc4)C3)CC2)cc1. The number of ether oxygens (including phenoxy) is 1. The second-order valence-electron chi connectivity index (χ2n) is 7.89. The predicted molar refractivity (Wildman–Crippen MR) is 107 cm³/mol. The summed E-state index contributed by atoms with van der Waals surface area (Å²) in [5.41, 5.74) is 9.07. The van der Waals surface area contributed by atoms with Gasteiger partial charge in [0.05, 0.1) is 5.92 Å². The smallest absolute Gasteiger partial charge is 0.309 e. The summed E-state index contributed by atoms with van der Waals surface area (Å²) in [4.78, 5) is 14.8. The van der Waals surface area contributed by atoms with Crippen LogP contribution in [0.4, 0.5) is 5.69 Å². The lowest BCUT2D eigenvalue weighted by Gasteiger charge is -2.44. The van der Waals surface area contributed by atoms with E-state index in [4.69, 9.17) is 10.5 Å². The molecule has 2 aliphatic rings. The average Bonchev–Trinajstić information content (AvgIpc) is 2.67. The molecule has 1 saturated carbocycles. The van der Waals surface area contributed by atoms with Crippen LogP contribution in [-0.4, -0.2) is 30.0 Å². The quantitative estimate of drug-likeness (QED) is 0.644. The van der Waals surface area contributed by atoms with Crippen molar-refractivity contribution in [1.29, 1.82) is 0 Å². The van der Waals surface area contributed by atoms with Crippen molar-refractivity contribution in [3.05, 3.63) is 65.7 Å². The molecular formula is C23H28N2O2. The van der Waals surface area contributed by atoms with E-state index in [2.05, 4.69) is 17.0 Å². The van der Waals surface area contributed by atoms with Gasteiger partial charge >= 0.3 is 5.97 Å². The van der Waals surface area contributed by atoms with Crippen LogP contribution in [0.15, 0.2) is 54.6 Å². The van der Waals surface area contributed by atoms with Gasteiger partial charge in [-0.2, -0.15) is 0 Å². The molecule has 0 radical (unpaired) electrons. The normalized spacial score (nSPS) is 23.6. The summed E-state index contributed by atoms with van der Waals surface area (Å²) < 4.78 is 5.48. The van der Waals surface area contributed by atoms with Crippen LogP contribution < -0.4 is 5.73 Å². The molecule has 2 N–H and O–H groups in total. The lowest BCUT2D eigenvalue weighted by Crippen LogP contribution is -2.50. The summed E-state index contributed by atoms with van der Waals surface area (Å²) in [6, 6.07) is 18.8. The monoisotopic (exact) mass is 364 g/mol. The van der Waals surface area contributed by atoms with Gasteiger partial charge in [-0.25, -0.2) is 0 Å². The summed E-state index contributed by atoms with van der Waals surface area (Å²) in [6.07, 6.45) is 4.26. The minimum atomic E-state index is -0.0353. The van der Waals surface area contributed by atoms with E-state index in [1.54, 1.807) is 0 Å². The number of esters is 1. The molecule has 2 aromatic carbocycles. The molecular weight excluding hydrogens is 336 g/mol. The van der Waals surface area contributed by atoms with E-state index >= 15 is 0 Å². The number of rotatable bonds is 5. The van der Waals surface area contributed by atoms with Crippen molar-refractivity contribution >= 4 is 11.7 Å². The van der Waals surface area contributed by atoms with Crippen LogP contribution in [0.25, 0.3) is 0 Å². The van der Waals surface area contributed by atoms with Crippen molar-refractivity contribution in [1.82, 2.24) is 4.90 Å². The molecule has 0 spiro atoms. The lowest BCUT2D eigenvalue weighted by atomic mass is 9.78. The van der Waals surface area contributed by atoms with Crippen LogP contribution in [0.1, 0.15) is 42.7 Å². The molecule has 2 aromatic rings. The minimum absolute atomic E-state index is 0.0353. The largest absolute Gasteiger partial charge is 0.461 e. The number of carbonyl (C=O) groups is 1. The van der Waals surface area contributed by atoms with Crippen molar-refractivity contribution in [2.75, 3.05) is 18.8 Å². The molecule has 2 fully saturated rings. The van der Waals surface area contributed by atoms with Crippen LogP contribution in [0.5, 0.6) is 0 Å². The van der Waals surface area contributed by atoms with Crippen LogP contribution >= 0.6 is 0 Å². The third-order valence-electron chi connectivity index (χ3n) is 6.12. The number of nitrogens with two attached hydrogens (primary N) is 1. The number of piperidine rings is 1. The Morgan fingerprint density at radius 1 is 1.00 bits per heavy atom. The molecule has 1 heterocycles. The number of nitrogens with zero attached hydrogens (tertiary/aromatic N) is 1. The fourth-order valence-electron chi connectivity index (χ4n) is 4.29. The molecule has 27 heavy (non-hydrogen) atoms. The number of anilines is 1. The maximum absolute atomic E-state index is 12.2. The molecule has 0 unspecified atom stereocenters. The van der Waals surface area contributed by atoms with E-state index in [-0.39, 0.29) is 11.9 Å². The number of benzene rings is 2. The van der Waals surface area contributed by atoms with Gasteiger partial charge in [0.1, 0.15) is 6.61 Å². The maximum atomic E-state index is 12.2. The summed E-state index contributed by atoms with van der Waals surface area (Å²) in [6.45, 7) is 2.62. The van der Waals surface area contributed by atoms with Gasteiger partial charge in [-0.1, -0.05) is 42.5 Å². The standard InChI is InChI=1S/C23H28N2O2/c24-21-8-6-18(7-9-21)19-10-12-25(13-11-19)22-14-20(15-22)23(26)27-16-17-4-2-1-3-5-17/h1-9,19-20,22H,10-16,24H2. The van der Waals surface area contributed by atoms with E-state index in [0.717, 1.165) is 37.2 Å². The van der Waals surface area contributed by atoms with Crippen molar-refractivity contribution in [2.24, 2.45) is 5.92 Å². The number of likely N-dealkylation sites (tertiary alicyclic amines) is 1. The highest BCUT2D eigenvalue weighted by molar-refractivity contribution is 5.73. The van der Waals surface area contributed by atoms with Crippen LogP contribution in [0.3, 0.4) is 0 Å². The molecule has 4 nitrogen and oxygen atoms in total. The second-order valence-corrected chi connectivity index (χ2v) is 7.89. The van der Waals surface area contributed by atoms with Gasteiger partial charge in [0.25, 0.3) is 0 Å². The fourth-order valence-corrected chi connectivity index (χ4v) is 4.29. The summed E-state index contributed by atoms with van der Waals surface area (Å²) in [7, 11) is 0. The van der Waals surface area contributed by atoms with Crippen LogP contribution in [0, 0.1) is 5.92 Å². The number of hydrogen-bond acceptors (Lipinski definition) is 4. The molecule has 4 rings (SSSR count). The first-order chi connectivity index (χ1) is 13.2. The van der Waals surface area contributed by atoms with E-state index in [1.807, 2.05) is 42.5 Å². The van der Waals surface area contributed by atoms with E-state index in [0.29, 0.717) is 18.6 Å².